The highest BCUT2D eigenvalue weighted by atomic mass is 19.4. The highest BCUT2D eigenvalue weighted by molar-refractivity contribution is 5.81. The van der Waals surface area contributed by atoms with Gasteiger partial charge in [-0.25, -0.2) is 0 Å². The summed E-state index contributed by atoms with van der Waals surface area (Å²) in [6.07, 6.45) is -3.19. The number of hydrogen-bond donors (Lipinski definition) is 2. The lowest BCUT2D eigenvalue weighted by atomic mass is 9.95. The molecule has 0 aromatic heterocycles. The molecule has 0 aromatic rings. The zero-order chi connectivity index (χ0) is 15.3. The molecule has 20 heavy (non-hydrogen) atoms. The summed E-state index contributed by atoms with van der Waals surface area (Å²) in [5.74, 6) is -0.749. The summed E-state index contributed by atoms with van der Waals surface area (Å²) in [5.41, 5.74) is 0. The van der Waals surface area contributed by atoms with Crippen molar-refractivity contribution in [3.05, 3.63) is 0 Å². The molecule has 1 aliphatic heterocycles. The third-order valence-electron chi connectivity index (χ3n) is 3.54. The van der Waals surface area contributed by atoms with Crippen LogP contribution in [-0.4, -0.2) is 55.6 Å². The fourth-order valence-electron chi connectivity index (χ4n) is 2.25. The van der Waals surface area contributed by atoms with Crippen LogP contribution in [0.25, 0.3) is 0 Å². The second-order valence-corrected chi connectivity index (χ2v) is 4.93. The van der Waals surface area contributed by atoms with Gasteiger partial charge in [-0.1, -0.05) is 0 Å². The average molecular weight is 295 g/mol. The molecule has 8 heteroatoms. The Morgan fingerprint density at radius 2 is 1.85 bits per heavy atom. The van der Waals surface area contributed by atoms with E-state index in [1.54, 1.807) is 18.9 Å². The summed E-state index contributed by atoms with van der Waals surface area (Å²) < 4.78 is 36.1. The molecule has 1 unspecified atom stereocenters. The topological polar surface area (TPSA) is 61.4 Å². The number of nitrogens with zero attached hydrogens (tertiary/aromatic N) is 1. The van der Waals surface area contributed by atoms with Crippen molar-refractivity contribution in [3.8, 4) is 0 Å². The van der Waals surface area contributed by atoms with Crippen molar-refractivity contribution in [2.75, 3.05) is 26.7 Å². The number of alkyl halides is 3. The Balaban J connectivity index is 2.40. The SMILES string of the molecule is CNC(=O)C1CCN(C(C)C(=O)NCC(F)(F)F)CC1. The Morgan fingerprint density at radius 3 is 2.30 bits per heavy atom. The number of rotatable bonds is 4. The molecule has 2 amide bonds. The number of halogens is 3. The molecule has 1 fully saturated rings. The third kappa shape index (κ3) is 4.99. The Labute approximate surface area is 115 Å². The predicted octanol–water partition coefficient (Wildman–Crippen LogP) is 0.511. The molecule has 1 heterocycles. The van der Waals surface area contributed by atoms with Gasteiger partial charge in [-0.15, -0.1) is 0 Å². The monoisotopic (exact) mass is 295 g/mol. The summed E-state index contributed by atoms with van der Waals surface area (Å²) in [7, 11) is 1.57. The van der Waals surface area contributed by atoms with Gasteiger partial charge in [0.1, 0.15) is 6.54 Å². The Morgan fingerprint density at radius 1 is 1.30 bits per heavy atom. The highest BCUT2D eigenvalue weighted by Crippen LogP contribution is 2.19. The van der Waals surface area contributed by atoms with Crippen molar-refractivity contribution in [2.45, 2.75) is 32.0 Å². The van der Waals surface area contributed by atoms with E-state index in [2.05, 4.69) is 5.32 Å². The predicted molar refractivity (Wildman–Crippen MR) is 66.9 cm³/mol. The van der Waals surface area contributed by atoms with Crippen molar-refractivity contribution in [3.63, 3.8) is 0 Å². The van der Waals surface area contributed by atoms with Crippen molar-refractivity contribution < 1.29 is 22.8 Å². The molecule has 116 valence electrons. The number of hydrogen-bond acceptors (Lipinski definition) is 3. The van der Waals surface area contributed by atoms with E-state index >= 15 is 0 Å². The molecule has 0 aliphatic carbocycles. The van der Waals surface area contributed by atoms with Crippen LogP contribution in [0.4, 0.5) is 13.2 Å². The number of likely N-dealkylation sites (tertiary alicyclic amines) is 1. The van der Waals surface area contributed by atoms with Crippen LogP contribution in [0.2, 0.25) is 0 Å². The minimum Gasteiger partial charge on any atom is -0.359 e. The summed E-state index contributed by atoms with van der Waals surface area (Å²) in [6, 6.07) is -0.622. The van der Waals surface area contributed by atoms with E-state index in [0.717, 1.165) is 0 Å². The van der Waals surface area contributed by atoms with Gasteiger partial charge in [-0.05, 0) is 32.9 Å². The van der Waals surface area contributed by atoms with E-state index in [1.807, 2.05) is 5.32 Å². The van der Waals surface area contributed by atoms with Gasteiger partial charge >= 0.3 is 6.18 Å². The first-order valence-corrected chi connectivity index (χ1v) is 6.54. The number of carbonyl (C=O) groups is 2. The summed E-state index contributed by atoms with van der Waals surface area (Å²) in [4.78, 5) is 24.9. The highest BCUT2D eigenvalue weighted by Gasteiger charge is 2.32. The van der Waals surface area contributed by atoms with E-state index in [9.17, 15) is 22.8 Å². The van der Waals surface area contributed by atoms with Crippen LogP contribution in [0.15, 0.2) is 0 Å². The van der Waals surface area contributed by atoms with E-state index in [0.29, 0.717) is 25.9 Å². The minimum atomic E-state index is -4.40. The van der Waals surface area contributed by atoms with Crippen LogP contribution < -0.4 is 10.6 Å². The molecular formula is C12H20F3N3O2. The number of piperidine rings is 1. The molecule has 0 aromatic carbocycles. The third-order valence-corrected chi connectivity index (χ3v) is 3.54. The molecule has 0 radical (unpaired) electrons. The van der Waals surface area contributed by atoms with Gasteiger partial charge in [0, 0.05) is 13.0 Å². The maximum Gasteiger partial charge on any atom is 0.405 e. The van der Waals surface area contributed by atoms with Crippen LogP contribution in [0.3, 0.4) is 0 Å². The number of carbonyl (C=O) groups excluding carboxylic acids is 2. The summed E-state index contributed by atoms with van der Waals surface area (Å²) >= 11 is 0. The number of nitrogens with one attached hydrogen (secondary N) is 2. The maximum absolute atomic E-state index is 12.0. The van der Waals surface area contributed by atoms with Gasteiger partial charge < -0.3 is 10.6 Å². The Kier molecular flexibility index (Phi) is 5.79. The van der Waals surface area contributed by atoms with Gasteiger partial charge in [-0.3, -0.25) is 14.5 Å². The first-order chi connectivity index (χ1) is 9.24. The van der Waals surface area contributed by atoms with E-state index in [1.165, 1.54) is 0 Å². The molecule has 0 saturated carbocycles. The lowest BCUT2D eigenvalue weighted by Crippen LogP contribution is -2.50. The van der Waals surface area contributed by atoms with Crippen LogP contribution in [0.1, 0.15) is 19.8 Å². The van der Waals surface area contributed by atoms with Crippen molar-refractivity contribution in [1.29, 1.82) is 0 Å². The average Bonchev–Trinajstić information content (AvgIpc) is 2.42. The first-order valence-electron chi connectivity index (χ1n) is 6.54. The second-order valence-electron chi connectivity index (χ2n) is 4.93. The molecule has 0 bridgehead atoms. The van der Waals surface area contributed by atoms with Gasteiger partial charge in [0.2, 0.25) is 11.8 Å². The largest absolute Gasteiger partial charge is 0.405 e. The fourth-order valence-corrected chi connectivity index (χ4v) is 2.25. The van der Waals surface area contributed by atoms with Crippen molar-refractivity contribution in [2.24, 2.45) is 5.92 Å². The van der Waals surface area contributed by atoms with E-state index in [-0.39, 0.29) is 11.8 Å². The molecule has 2 N–H and O–H groups in total. The molecule has 1 atom stereocenters. The van der Waals surface area contributed by atoms with Crippen LogP contribution in [0.5, 0.6) is 0 Å². The zero-order valence-corrected chi connectivity index (χ0v) is 11.6. The molecule has 0 spiro atoms. The van der Waals surface area contributed by atoms with Gasteiger partial charge in [0.25, 0.3) is 0 Å². The second kappa shape index (κ2) is 6.92. The van der Waals surface area contributed by atoms with E-state index < -0.39 is 24.7 Å². The normalized spacial score (nSPS) is 19.4. The molecular weight excluding hydrogens is 275 g/mol. The van der Waals surface area contributed by atoms with Gasteiger partial charge in [-0.2, -0.15) is 13.2 Å². The molecule has 5 nitrogen and oxygen atoms in total. The molecule has 1 saturated heterocycles. The van der Waals surface area contributed by atoms with E-state index in [4.69, 9.17) is 0 Å². The maximum atomic E-state index is 12.0. The van der Waals surface area contributed by atoms with Crippen LogP contribution >= 0.6 is 0 Å². The van der Waals surface area contributed by atoms with Gasteiger partial charge in [0.15, 0.2) is 0 Å². The smallest absolute Gasteiger partial charge is 0.359 e. The quantitative estimate of drug-likeness (QED) is 0.794. The lowest BCUT2D eigenvalue weighted by molar-refractivity contribution is -0.141. The zero-order valence-electron chi connectivity index (χ0n) is 11.6. The van der Waals surface area contributed by atoms with Crippen LogP contribution in [-0.2, 0) is 9.59 Å². The molecule has 1 rings (SSSR count). The van der Waals surface area contributed by atoms with Crippen molar-refractivity contribution >= 4 is 11.8 Å². The first kappa shape index (κ1) is 16.7. The molecule has 1 aliphatic rings. The minimum absolute atomic E-state index is 0.0289. The van der Waals surface area contributed by atoms with Crippen LogP contribution in [0, 0.1) is 5.92 Å². The van der Waals surface area contributed by atoms with Gasteiger partial charge in [0.05, 0.1) is 6.04 Å². The number of amides is 2. The standard InChI is InChI=1S/C12H20F3N3O2/c1-8(10(19)17-7-12(13,14)15)18-5-3-9(4-6-18)11(20)16-2/h8-9H,3-7H2,1-2H3,(H,16,20)(H,17,19). The Hall–Kier alpha value is -1.31. The summed E-state index contributed by atoms with van der Waals surface area (Å²) in [5, 5.41) is 4.46. The van der Waals surface area contributed by atoms with Crippen molar-refractivity contribution in [1.82, 2.24) is 15.5 Å². The fraction of sp³-hybridized carbons (Fsp3) is 0.833. The summed E-state index contributed by atoms with van der Waals surface area (Å²) in [6.45, 7) is 1.31. The Bertz CT molecular complexity index is 352. The lowest BCUT2D eigenvalue weighted by Gasteiger charge is -2.34.